The highest BCUT2D eigenvalue weighted by Gasteiger charge is 2.31. The summed E-state index contributed by atoms with van der Waals surface area (Å²) in [5, 5.41) is 3.71. The van der Waals surface area contributed by atoms with Gasteiger partial charge in [-0.25, -0.2) is 0 Å². The Morgan fingerprint density at radius 1 is 1.35 bits per heavy atom. The van der Waals surface area contributed by atoms with Crippen molar-refractivity contribution >= 4 is 0 Å². The summed E-state index contributed by atoms with van der Waals surface area (Å²) in [6.45, 7) is 19.0. The van der Waals surface area contributed by atoms with Crippen molar-refractivity contribution in [3.8, 4) is 0 Å². The summed E-state index contributed by atoms with van der Waals surface area (Å²) in [6.07, 6.45) is 2.50. The second-order valence-electron chi connectivity index (χ2n) is 7.05. The lowest BCUT2D eigenvalue weighted by Gasteiger charge is -2.39. The molecule has 2 nitrogen and oxygen atoms in total. The molecule has 0 spiro atoms. The molecule has 0 bridgehead atoms. The quantitative estimate of drug-likeness (QED) is 0.812. The molecule has 17 heavy (non-hydrogen) atoms. The molecule has 1 atom stereocenters. The van der Waals surface area contributed by atoms with Gasteiger partial charge in [-0.1, -0.05) is 34.6 Å². The third kappa shape index (κ3) is 4.26. The lowest BCUT2D eigenvalue weighted by atomic mass is 9.80. The van der Waals surface area contributed by atoms with Crippen LogP contribution in [0.25, 0.3) is 0 Å². The van der Waals surface area contributed by atoms with Gasteiger partial charge in [0.15, 0.2) is 0 Å². The molecule has 0 amide bonds. The first-order valence-electron chi connectivity index (χ1n) is 7.26. The van der Waals surface area contributed by atoms with Crippen LogP contribution in [-0.2, 0) is 0 Å². The second kappa shape index (κ2) is 5.71. The van der Waals surface area contributed by atoms with Crippen LogP contribution < -0.4 is 5.32 Å². The minimum Gasteiger partial charge on any atom is -0.310 e. The van der Waals surface area contributed by atoms with Crippen molar-refractivity contribution < 1.29 is 0 Å². The van der Waals surface area contributed by atoms with Gasteiger partial charge in [-0.2, -0.15) is 0 Å². The molecule has 1 unspecified atom stereocenters. The monoisotopic (exact) mass is 240 g/mol. The highest BCUT2D eigenvalue weighted by atomic mass is 15.2. The Balaban J connectivity index is 2.64. The highest BCUT2D eigenvalue weighted by Crippen LogP contribution is 2.28. The molecule has 102 valence electrons. The van der Waals surface area contributed by atoms with E-state index in [4.69, 9.17) is 0 Å². The van der Waals surface area contributed by atoms with Crippen LogP contribution in [0.15, 0.2) is 0 Å². The van der Waals surface area contributed by atoms with Crippen molar-refractivity contribution in [3.05, 3.63) is 0 Å². The molecule has 1 fully saturated rings. The summed E-state index contributed by atoms with van der Waals surface area (Å²) in [5.41, 5.74) is 0.725. The Morgan fingerprint density at radius 3 is 2.53 bits per heavy atom. The van der Waals surface area contributed by atoms with E-state index in [1.54, 1.807) is 0 Å². The van der Waals surface area contributed by atoms with Crippen molar-refractivity contribution in [3.63, 3.8) is 0 Å². The number of rotatable bonds is 4. The zero-order chi connectivity index (χ0) is 13.1. The zero-order valence-corrected chi connectivity index (χ0v) is 12.8. The molecule has 0 radical (unpaired) electrons. The van der Waals surface area contributed by atoms with Crippen LogP contribution in [0.5, 0.6) is 0 Å². The first kappa shape index (κ1) is 15.0. The molecule has 1 rings (SSSR count). The topological polar surface area (TPSA) is 15.3 Å². The van der Waals surface area contributed by atoms with E-state index in [2.05, 4.69) is 51.8 Å². The molecule has 1 N–H and O–H groups in total. The van der Waals surface area contributed by atoms with Crippen LogP contribution >= 0.6 is 0 Å². The van der Waals surface area contributed by atoms with Crippen LogP contribution in [0.2, 0.25) is 0 Å². The minimum absolute atomic E-state index is 0.309. The van der Waals surface area contributed by atoms with Gasteiger partial charge in [-0.3, -0.25) is 0 Å². The maximum absolute atomic E-state index is 3.71. The predicted octanol–water partition coefficient (Wildman–Crippen LogP) is 3.13. The number of nitrogens with zero attached hydrogens (tertiary/aromatic N) is 1. The third-order valence-corrected chi connectivity index (χ3v) is 4.75. The molecule has 0 aromatic heterocycles. The lowest BCUT2D eigenvalue weighted by molar-refractivity contribution is 0.117. The second-order valence-corrected chi connectivity index (χ2v) is 7.05. The molecular weight excluding hydrogens is 208 g/mol. The van der Waals surface area contributed by atoms with E-state index in [9.17, 15) is 0 Å². The summed E-state index contributed by atoms with van der Waals surface area (Å²) >= 11 is 0. The van der Waals surface area contributed by atoms with E-state index in [1.165, 1.54) is 39.0 Å². The van der Waals surface area contributed by atoms with Crippen molar-refractivity contribution in [2.75, 3.05) is 26.2 Å². The van der Waals surface area contributed by atoms with Crippen molar-refractivity contribution in [1.82, 2.24) is 10.2 Å². The average Bonchev–Trinajstić information content (AvgIpc) is 2.40. The van der Waals surface area contributed by atoms with Crippen LogP contribution in [0.4, 0.5) is 0 Å². The average molecular weight is 240 g/mol. The standard InChI is InChI=1S/C15H32N2/c1-7-15(6)12-17(10-8-9-16-15)11-14(4,5)13(2)3/h13,16H,7-12H2,1-6H3. The minimum atomic E-state index is 0.309. The molecule has 2 heteroatoms. The fourth-order valence-corrected chi connectivity index (χ4v) is 2.45. The van der Waals surface area contributed by atoms with E-state index in [-0.39, 0.29) is 0 Å². The fourth-order valence-electron chi connectivity index (χ4n) is 2.45. The summed E-state index contributed by atoms with van der Waals surface area (Å²) < 4.78 is 0. The van der Waals surface area contributed by atoms with Crippen molar-refractivity contribution in [2.24, 2.45) is 11.3 Å². The molecule has 1 aliphatic heterocycles. The lowest BCUT2D eigenvalue weighted by Crippen LogP contribution is -2.50. The first-order chi connectivity index (χ1) is 7.79. The Hall–Kier alpha value is -0.0800. The fraction of sp³-hybridized carbons (Fsp3) is 1.00. The highest BCUT2D eigenvalue weighted by molar-refractivity contribution is 4.90. The normalized spacial score (nSPS) is 28.4. The molecule has 0 saturated carbocycles. The van der Waals surface area contributed by atoms with Crippen LogP contribution in [0.1, 0.15) is 54.4 Å². The van der Waals surface area contributed by atoms with E-state index in [1.807, 2.05) is 0 Å². The van der Waals surface area contributed by atoms with Gasteiger partial charge < -0.3 is 10.2 Å². The van der Waals surface area contributed by atoms with Gasteiger partial charge in [0.05, 0.1) is 0 Å². The van der Waals surface area contributed by atoms with Gasteiger partial charge >= 0.3 is 0 Å². The maximum Gasteiger partial charge on any atom is 0.0277 e. The third-order valence-electron chi connectivity index (χ3n) is 4.75. The predicted molar refractivity (Wildman–Crippen MR) is 76.4 cm³/mol. The number of hydrogen-bond donors (Lipinski definition) is 1. The Kier molecular flexibility index (Phi) is 5.03. The van der Waals surface area contributed by atoms with Crippen molar-refractivity contribution in [2.45, 2.75) is 59.9 Å². The SMILES string of the molecule is CCC1(C)CN(CC(C)(C)C(C)C)CCCN1. The Labute approximate surface area is 108 Å². The first-order valence-corrected chi connectivity index (χ1v) is 7.26. The largest absolute Gasteiger partial charge is 0.310 e. The summed E-state index contributed by atoms with van der Waals surface area (Å²) in [5.74, 6) is 0.742. The van der Waals surface area contributed by atoms with Gasteiger partial charge in [0, 0.05) is 18.6 Å². The van der Waals surface area contributed by atoms with Gasteiger partial charge in [0.25, 0.3) is 0 Å². The number of hydrogen-bond acceptors (Lipinski definition) is 2. The molecule has 0 aliphatic carbocycles. The summed E-state index contributed by atoms with van der Waals surface area (Å²) in [4.78, 5) is 2.67. The van der Waals surface area contributed by atoms with Crippen LogP contribution in [0, 0.1) is 11.3 Å². The summed E-state index contributed by atoms with van der Waals surface area (Å²) in [6, 6.07) is 0. The van der Waals surface area contributed by atoms with Gasteiger partial charge in [0.2, 0.25) is 0 Å². The molecule has 0 aromatic carbocycles. The molecular formula is C15H32N2. The maximum atomic E-state index is 3.71. The van der Waals surface area contributed by atoms with Gasteiger partial charge in [-0.15, -0.1) is 0 Å². The molecule has 1 saturated heterocycles. The Morgan fingerprint density at radius 2 is 2.00 bits per heavy atom. The number of nitrogens with one attached hydrogen (secondary N) is 1. The Bertz CT molecular complexity index is 235. The van der Waals surface area contributed by atoms with Gasteiger partial charge in [0.1, 0.15) is 0 Å². The molecule has 1 aliphatic rings. The molecule has 0 aromatic rings. The zero-order valence-electron chi connectivity index (χ0n) is 12.8. The van der Waals surface area contributed by atoms with Crippen LogP contribution in [-0.4, -0.2) is 36.6 Å². The van der Waals surface area contributed by atoms with Crippen molar-refractivity contribution in [1.29, 1.82) is 0 Å². The summed E-state index contributed by atoms with van der Waals surface area (Å²) in [7, 11) is 0. The molecule has 1 heterocycles. The van der Waals surface area contributed by atoms with E-state index in [0.29, 0.717) is 11.0 Å². The van der Waals surface area contributed by atoms with Crippen LogP contribution in [0.3, 0.4) is 0 Å². The van der Waals surface area contributed by atoms with E-state index < -0.39 is 0 Å². The van der Waals surface area contributed by atoms with Gasteiger partial charge in [-0.05, 0) is 44.2 Å². The smallest absolute Gasteiger partial charge is 0.0277 e. The van der Waals surface area contributed by atoms with E-state index in [0.717, 1.165) is 5.92 Å². The van der Waals surface area contributed by atoms with E-state index >= 15 is 0 Å².